The second-order valence-corrected chi connectivity index (χ2v) is 4.95. The van der Waals surface area contributed by atoms with Crippen molar-refractivity contribution in [2.75, 3.05) is 19.7 Å². The number of aliphatic hydroxyl groups is 1. The first-order valence-corrected chi connectivity index (χ1v) is 7.25. The number of nitro benzene ring substituents is 1. The molecular formula is C15H18N4O4. The number of nitrogens with zero attached hydrogens (tertiary/aromatic N) is 4. The van der Waals surface area contributed by atoms with Crippen LogP contribution < -0.4 is 0 Å². The zero-order valence-electron chi connectivity index (χ0n) is 12.8. The Morgan fingerprint density at radius 2 is 2.22 bits per heavy atom. The van der Waals surface area contributed by atoms with Gasteiger partial charge in [0.1, 0.15) is 5.69 Å². The lowest BCUT2D eigenvalue weighted by molar-refractivity contribution is -0.384. The monoisotopic (exact) mass is 318 g/mol. The number of hydrogen-bond acceptors (Lipinski definition) is 5. The van der Waals surface area contributed by atoms with E-state index in [0.717, 1.165) is 6.42 Å². The van der Waals surface area contributed by atoms with Crippen LogP contribution in [0.15, 0.2) is 36.9 Å². The predicted octanol–water partition coefficient (Wildman–Crippen LogP) is 1.62. The Labute approximate surface area is 133 Å². The lowest BCUT2D eigenvalue weighted by atomic mass is 10.1. The van der Waals surface area contributed by atoms with Crippen molar-refractivity contribution in [2.45, 2.75) is 13.3 Å². The molecule has 2 aromatic rings. The molecule has 1 N–H and O–H groups in total. The van der Waals surface area contributed by atoms with Gasteiger partial charge >= 0.3 is 0 Å². The molecule has 0 saturated heterocycles. The van der Waals surface area contributed by atoms with Crippen LogP contribution in [0.2, 0.25) is 0 Å². The van der Waals surface area contributed by atoms with Gasteiger partial charge in [-0.25, -0.2) is 4.98 Å². The Balaban J connectivity index is 2.39. The van der Waals surface area contributed by atoms with Crippen LogP contribution in [0.25, 0.3) is 5.69 Å². The maximum absolute atomic E-state index is 12.5. The van der Waals surface area contributed by atoms with E-state index < -0.39 is 4.92 Å². The van der Waals surface area contributed by atoms with Crippen molar-refractivity contribution >= 4 is 11.6 Å². The molecule has 1 amide bonds. The molecule has 122 valence electrons. The molecule has 0 bridgehead atoms. The molecule has 0 atom stereocenters. The SMILES string of the molecule is CCCN(CCO)C(=O)c1ccc(-n2ccnc2)c([N+](=O)[O-])c1. The summed E-state index contributed by atoms with van der Waals surface area (Å²) in [6.45, 7) is 2.45. The summed E-state index contributed by atoms with van der Waals surface area (Å²) in [5, 5.41) is 20.4. The second-order valence-electron chi connectivity index (χ2n) is 4.95. The number of carbonyl (C=O) groups excluding carboxylic acids is 1. The average molecular weight is 318 g/mol. The van der Waals surface area contributed by atoms with Crippen LogP contribution in [0.4, 0.5) is 5.69 Å². The molecule has 0 aliphatic carbocycles. The minimum absolute atomic E-state index is 0.152. The molecule has 2 rings (SSSR count). The third kappa shape index (κ3) is 3.72. The molecule has 0 fully saturated rings. The van der Waals surface area contributed by atoms with E-state index in [9.17, 15) is 14.9 Å². The summed E-state index contributed by atoms with van der Waals surface area (Å²) >= 11 is 0. The number of nitro groups is 1. The summed E-state index contributed by atoms with van der Waals surface area (Å²) in [5.41, 5.74) is 0.394. The summed E-state index contributed by atoms with van der Waals surface area (Å²) < 4.78 is 1.52. The van der Waals surface area contributed by atoms with Gasteiger partial charge in [-0.15, -0.1) is 0 Å². The summed E-state index contributed by atoms with van der Waals surface area (Å²) in [6.07, 6.45) is 5.31. The molecule has 1 aromatic carbocycles. The predicted molar refractivity (Wildman–Crippen MR) is 83.5 cm³/mol. The number of hydrogen-bond donors (Lipinski definition) is 1. The summed E-state index contributed by atoms with van der Waals surface area (Å²) in [4.78, 5) is 28.6. The van der Waals surface area contributed by atoms with Crippen LogP contribution in [0.3, 0.4) is 0 Å². The van der Waals surface area contributed by atoms with Crippen molar-refractivity contribution in [1.82, 2.24) is 14.5 Å². The van der Waals surface area contributed by atoms with Gasteiger partial charge < -0.3 is 14.6 Å². The summed E-state index contributed by atoms with van der Waals surface area (Å²) in [5.74, 6) is -0.332. The smallest absolute Gasteiger partial charge is 0.294 e. The van der Waals surface area contributed by atoms with E-state index in [0.29, 0.717) is 12.2 Å². The van der Waals surface area contributed by atoms with E-state index in [1.165, 1.54) is 34.1 Å². The summed E-state index contributed by atoms with van der Waals surface area (Å²) in [7, 11) is 0. The average Bonchev–Trinajstić information content (AvgIpc) is 3.07. The normalized spacial score (nSPS) is 10.5. The first-order valence-electron chi connectivity index (χ1n) is 7.25. The van der Waals surface area contributed by atoms with E-state index in [2.05, 4.69) is 4.98 Å². The maximum atomic E-state index is 12.5. The van der Waals surface area contributed by atoms with Gasteiger partial charge in [0.25, 0.3) is 11.6 Å². The van der Waals surface area contributed by atoms with Gasteiger partial charge in [-0.1, -0.05) is 6.92 Å². The lowest BCUT2D eigenvalue weighted by Crippen LogP contribution is -2.34. The van der Waals surface area contributed by atoms with Gasteiger partial charge in [0, 0.05) is 37.1 Å². The fourth-order valence-electron chi connectivity index (χ4n) is 2.31. The van der Waals surface area contributed by atoms with Crippen molar-refractivity contribution in [3.8, 4) is 5.69 Å². The molecule has 0 saturated carbocycles. The van der Waals surface area contributed by atoms with Crippen molar-refractivity contribution in [2.24, 2.45) is 0 Å². The van der Waals surface area contributed by atoms with Crippen LogP contribution in [0, 0.1) is 10.1 Å². The van der Waals surface area contributed by atoms with Gasteiger partial charge in [0.15, 0.2) is 0 Å². The van der Waals surface area contributed by atoms with Crippen molar-refractivity contribution in [3.05, 3.63) is 52.6 Å². The minimum Gasteiger partial charge on any atom is -0.395 e. The van der Waals surface area contributed by atoms with Crippen molar-refractivity contribution < 1.29 is 14.8 Å². The molecule has 8 nitrogen and oxygen atoms in total. The Morgan fingerprint density at radius 3 is 2.78 bits per heavy atom. The highest BCUT2D eigenvalue weighted by Gasteiger charge is 2.21. The highest BCUT2D eigenvalue weighted by atomic mass is 16.6. The zero-order chi connectivity index (χ0) is 16.8. The van der Waals surface area contributed by atoms with Crippen LogP contribution in [0.5, 0.6) is 0 Å². The number of aromatic nitrogens is 2. The fourth-order valence-corrected chi connectivity index (χ4v) is 2.31. The van der Waals surface area contributed by atoms with Crippen LogP contribution >= 0.6 is 0 Å². The number of amides is 1. The zero-order valence-corrected chi connectivity index (χ0v) is 12.8. The molecule has 0 aliphatic heterocycles. The highest BCUT2D eigenvalue weighted by molar-refractivity contribution is 5.95. The largest absolute Gasteiger partial charge is 0.395 e. The van der Waals surface area contributed by atoms with Crippen LogP contribution in [-0.2, 0) is 0 Å². The number of imidazole rings is 1. The first kappa shape index (κ1) is 16.6. The molecule has 0 aliphatic rings. The fraction of sp³-hybridized carbons (Fsp3) is 0.333. The lowest BCUT2D eigenvalue weighted by Gasteiger charge is -2.21. The van der Waals surface area contributed by atoms with Crippen molar-refractivity contribution in [3.63, 3.8) is 0 Å². The minimum atomic E-state index is -0.525. The van der Waals surface area contributed by atoms with Gasteiger partial charge in [-0.2, -0.15) is 0 Å². The Morgan fingerprint density at radius 1 is 1.43 bits per heavy atom. The van der Waals surface area contributed by atoms with E-state index in [4.69, 9.17) is 5.11 Å². The van der Waals surface area contributed by atoms with Gasteiger partial charge in [-0.05, 0) is 18.6 Å². The molecular weight excluding hydrogens is 300 g/mol. The highest BCUT2D eigenvalue weighted by Crippen LogP contribution is 2.24. The van der Waals surface area contributed by atoms with Crippen molar-refractivity contribution in [1.29, 1.82) is 0 Å². The van der Waals surface area contributed by atoms with E-state index in [-0.39, 0.29) is 30.3 Å². The second kappa shape index (κ2) is 7.50. The quantitative estimate of drug-likeness (QED) is 0.617. The van der Waals surface area contributed by atoms with E-state index in [1.54, 1.807) is 12.3 Å². The molecule has 0 spiro atoms. The molecule has 1 aromatic heterocycles. The number of carbonyl (C=O) groups is 1. The number of benzene rings is 1. The van der Waals surface area contributed by atoms with Gasteiger partial charge in [0.2, 0.25) is 0 Å². The standard InChI is InChI=1S/C15H18N4O4/c1-2-6-17(8-9-20)15(21)12-3-4-13(14(10-12)19(22)23)18-7-5-16-11-18/h3-5,7,10-11,20H,2,6,8-9H2,1H3. The molecule has 8 heteroatoms. The Hall–Kier alpha value is -2.74. The van der Waals surface area contributed by atoms with Crippen LogP contribution in [-0.4, -0.2) is 50.1 Å². The molecule has 1 heterocycles. The number of aliphatic hydroxyl groups excluding tert-OH is 1. The maximum Gasteiger partial charge on any atom is 0.294 e. The third-order valence-electron chi connectivity index (χ3n) is 3.35. The topological polar surface area (TPSA) is 102 Å². The van der Waals surface area contributed by atoms with Gasteiger partial charge in [0.05, 0.1) is 17.9 Å². The molecule has 0 radical (unpaired) electrons. The molecule has 23 heavy (non-hydrogen) atoms. The summed E-state index contributed by atoms with van der Waals surface area (Å²) in [6, 6.07) is 4.33. The number of rotatable bonds is 7. The van der Waals surface area contributed by atoms with Gasteiger partial charge in [-0.3, -0.25) is 14.9 Å². The molecule has 0 unspecified atom stereocenters. The third-order valence-corrected chi connectivity index (χ3v) is 3.35. The van der Waals surface area contributed by atoms with E-state index >= 15 is 0 Å². The Kier molecular flexibility index (Phi) is 5.42. The first-order chi connectivity index (χ1) is 11.1. The Bertz CT molecular complexity index is 679. The van der Waals surface area contributed by atoms with Crippen LogP contribution in [0.1, 0.15) is 23.7 Å². The van der Waals surface area contributed by atoms with E-state index in [1.807, 2.05) is 6.92 Å².